The minimum Gasteiger partial charge on any atom is -0.346 e. The normalized spacial score (nSPS) is 12.2. The van der Waals surface area contributed by atoms with E-state index in [1.807, 2.05) is 37.8 Å². The molecule has 0 spiro atoms. The second kappa shape index (κ2) is 10.2. The zero-order valence-corrected chi connectivity index (χ0v) is 20.1. The maximum absolute atomic E-state index is 13.2. The van der Waals surface area contributed by atoms with E-state index in [1.54, 1.807) is 23.6 Å². The van der Waals surface area contributed by atoms with Crippen LogP contribution in [0.3, 0.4) is 0 Å². The van der Waals surface area contributed by atoms with Gasteiger partial charge >= 0.3 is 6.18 Å². The Labute approximate surface area is 200 Å². The number of thiazole rings is 1. The molecule has 9 heteroatoms. The predicted octanol–water partition coefficient (Wildman–Crippen LogP) is 6.55. The van der Waals surface area contributed by atoms with Gasteiger partial charge in [0, 0.05) is 29.0 Å². The Morgan fingerprint density at radius 1 is 1.03 bits per heavy atom. The van der Waals surface area contributed by atoms with Crippen LogP contribution in [0.4, 0.5) is 13.2 Å². The van der Waals surface area contributed by atoms with Gasteiger partial charge in [-0.15, -0.1) is 11.3 Å². The van der Waals surface area contributed by atoms with E-state index in [4.69, 9.17) is 11.6 Å². The molecule has 4 nitrogen and oxygen atoms in total. The van der Waals surface area contributed by atoms with Crippen molar-refractivity contribution in [3.05, 3.63) is 86.3 Å². The van der Waals surface area contributed by atoms with E-state index in [-0.39, 0.29) is 18.0 Å². The smallest absolute Gasteiger partial charge is 0.346 e. The van der Waals surface area contributed by atoms with Crippen LogP contribution in [0.5, 0.6) is 0 Å². The lowest BCUT2D eigenvalue weighted by Crippen LogP contribution is -2.40. The number of halogens is 4. The lowest BCUT2D eigenvalue weighted by molar-refractivity contribution is -0.137. The van der Waals surface area contributed by atoms with Gasteiger partial charge in [0.25, 0.3) is 5.91 Å². The van der Waals surface area contributed by atoms with E-state index < -0.39 is 11.7 Å². The molecule has 33 heavy (non-hydrogen) atoms. The van der Waals surface area contributed by atoms with Crippen LogP contribution < -0.4 is 5.32 Å². The number of carbonyl (C=O) groups excluding carboxylic acids is 1. The molecule has 0 unspecified atom stereocenters. The highest BCUT2D eigenvalue weighted by molar-refractivity contribution is 7.09. The van der Waals surface area contributed by atoms with Gasteiger partial charge in [0.2, 0.25) is 0 Å². The molecule has 1 N–H and O–H groups in total. The van der Waals surface area contributed by atoms with E-state index in [9.17, 15) is 18.0 Å². The van der Waals surface area contributed by atoms with Crippen molar-refractivity contribution < 1.29 is 18.0 Å². The highest BCUT2D eigenvalue weighted by Gasteiger charge is 2.30. The number of rotatable bonds is 7. The van der Waals surface area contributed by atoms with Gasteiger partial charge in [0.05, 0.1) is 12.1 Å². The summed E-state index contributed by atoms with van der Waals surface area (Å²) >= 11 is 7.33. The Hall–Kier alpha value is -2.42. The minimum absolute atomic E-state index is 0.257. The fourth-order valence-corrected chi connectivity index (χ4v) is 4.15. The highest BCUT2D eigenvalue weighted by Crippen LogP contribution is 2.30. The first-order chi connectivity index (χ1) is 15.4. The van der Waals surface area contributed by atoms with Crippen molar-refractivity contribution in [2.75, 3.05) is 0 Å². The summed E-state index contributed by atoms with van der Waals surface area (Å²) in [5.41, 5.74) is 0.775. The molecule has 2 aromatic carbocycles. The predicted molar refractivity (Wildman–Crippen MR) is 125 cm³/mol. The lowest BCUT2D eigenvalue weighted by atomic mass is 10.1. The van der Waals surface area contributed by atoms with Crippen molar-refractivity contribution >= 4 is 28.8 Å². The van der Waals surface area contributed by atoms with Gasteiger partial charge in [-0.2, -0.15) is 13.2 Å². The molecular formula is C24H25ClF3N3OS. The standard InChI is InChI=1S/C24H25ClF3N3OS/c1-23(2,3)30-22(32)20-15-33-21(29-20)14-31(12-16-7-9-19(25)10-8-16)13-17-5-4-6-18(11-17)24(26,27)28/h4-11,15H,12-14H2,1-3H3,(H,30,32). The fraction of sp³-hybridized carbons (Fsp3) is 0.333. The van der Waals surface area contributed by atoms with Crippen LogP contribution in [0.15, 0.2) is 53.9 Å². The number of nitrogens with zero attached hydrogens (tertiary/aromatic N) is 2. The number of benzene rings is 2. The number of hydrogen-bond acceptors (Lipinski definition) is 4. The van der Waals surface area contributed by atoms with Crippen LogP contribution in [0.2, 0.25) is 5.02 Å². The number of hydrogen-bond donors (Lipinski definition) is 1. The third-order valence-corrected chi connectivity index (χ3v) is 5.70. The summed E-state index contributed by atoms with van der Waals surface area (Å²) in [5.74, 6) is -0.257. The molecule has 1 amide bonds. The maximum atomic E-state index is 13.2. The number of amides is 1. The molecule has 0 saturated carbocycles. The molecule has 0 bridgehead atoms. The van der Waals surface area contributed by atoms with Gasteiger partial charge in [-0.25, -0.2) is 4.98 Å². The Morgan fingerprint density at radius 2 is 1.70 bits per heavy atom. The zero-order chi connectivity index (χ0) is 24.2. The summed E-state index contributed by atoms with van der Waals surface area (Å²) in [7, 11) is 0. The molecule has 1 aromatic heterocycles. The molecule has 3 aromatic rings. The molecule has 0 saturated heterocycles. The van der Waals surface area contributed by atoms with E-state index in [1.165, 1.54) is 23.5 Å². The number of nitrogens with one attached hydrogen (secondary N) is 1. The maximum Gasteiger partial charge on any atom is 0.416 e. The fourth-order valence-electron chi connectivity index (χ4n) is 3.20. The number of aromatic nitrogens is 1. The lowest BCUT2D eigenvalue weighted by Gasteiger charge is -2.22. The molecule has 176 valence electrons. The van der Waals surface area contributed by atoms with E-state index in [2.05, 4.69) is 10.3 Å². The largest absolute Gasteiger partial charge is 0.416 e. The van der Waals surface area contributed by atoms with Gasteiger partial charge < -0.3 is 5.32 Å². The Balaban J connectivity index is 1.81. The summed E-state index contributed by atoms with van der Waals surface area (Å²) in [5, 5.41) is 5.89. The summed E-state index contributed by atoms with van der Waals surface area (Å²) in [4.78, 5) is 18.8. The van der Waals surface area contributed by atoms with E-state index >= 15 is 0 Å². The molecule has 0 fully saturated rings. The molecule has 0 radical (unpaired) electrons. The van der Waals surface area contributed by atoms with E-state index in [0.717, 1.165) is 11.6 Å². The van der Waals surface area contributed by atoms with Gasteiger partial charge in [-0.05, 0) is 50.1 Å². The van der Waals surface area contributed by atoms with Crippen molar-refractivity contribution in [2.24, 2.45) is 0 Å². The first-order valence-electron chi connectivity index (χ1n) is 10.3. The Kier molecular flexibility index (Phi) is 7.82. The summed E-state index contributed by atoms with van der Waals surface area (Å²) in [6.45, 7) is 6.82. The van der Waals surface area contributed by atoms with Crippen molar-refractivity contribution in [3.8, 4) is 0 Å². The molecule has 0 aliphatic heterocycles. The van der Waals surface area contributed by atoms with Crippen molar-refractivity contribution in [2.45, 2.75) is 52.1 Å². The number of carbonyl (C=O) groups is 1. The van der Waals surface area contributed by atoms with Crippen LogP contribution in [0.25, 0.3) is 0 Å². The SMILES string of the molecule is CC(C)(C)NC(=O)c1csc(CN(Cc2ccc(Cl)cc2)Cc2cccc(C(F)(F)F)c2)n1. The number of alkyl halides is 3. The van der Waals surface area contributed by atoms with Crippen LogP contribution in [0.1, 0.15) is 53.0 Å². The molecule has 0 atom stereocenters. The Morgan fingerprint density at radius 3 is 2.33 bits per heavy atom. The summed E-state index contributed by atoms with van der Waals surface area (Å²) in [6, 6.07) is 12.6. The molecule has 3 rings (SSSR count). The third kappa shape index (κ3) is 7.84. The third-order valence-electron chi connectivity index (χ3n) is 4.61. The second-order valence-electron chi connectivity index (χ2n) is 8.80. The Bertz CT molecular complexity index is 1090. The van der Waals surface area contributed by atoms with E-state index in [0.29, 0.717) is 34.4 Å². The average Bonchev–Trinajstić information content (AvgIpc) is 3.17. The molecule has 1 heterocycles. The van der Waals surface area contributed by atoms with Crippen LogP contribution in [-0.4, -0.2) is 21.3 Å². The molecular weight excluding hydrogens is 471 g/mol. The van der Waals surface area contributed by atoms with Crippen LogP contribution in [-0.2, 0) is 25.8 Å². The van der Waals surface area contributed by atoms with Gasteiger partial charge in [0.1, 0.15) is 10.7 Å². The monoisotopic (exact) mass is 495 g/mol. The van der Waals surface area contributed by atoms with Gasteiger partial charge in [-0.1, -0.05) is 41.9 Å². The first-order valence-corrected chi connectivity index (χ1v) is 11.5. The topological polar surface area (TPSA) is 45.2 Å². The summed E-state index contributed by atoms with van der Waals surface area (Å²) < 4.78 is 39.5. The average molecular weight is 496 g/mol. The molecule has 0 aliphatic carbocycles. The van der Waals surface area contributed by atoms with Crippen LogP contribution >= 0.6 is 22.9 Å². The van der Waals surface area contributed by atoms with Crippen molar-refractivity contribution in [1.29, 1.82) is 0 Å². The van der Waals surface area contributed by atoms with Crippen LogP contribution in [0, 0.1) is 0 Å². The zero-order valence-electron chi connectivity index (χ0n) is 18.5. The van der Waals surface area contributed by atoms with Crippen molar-refractivity contribution in [1.82, 2.24) is 15.2 Å². The van der Waals surface area contributed by atoms with Gasteiger partial charge in [-0.3, -0.25) is 9.69 Å². The minimum atomic E-state index is -4.40. The van der Waals surface area contributed by atoms with Crippen molar-refractivity contribution in [3.63, 3.8) is 0 Å². The first kappa shape index (κ1) is 25.2. The highest BCUT2D eigenvalue weighted by atomic mass is 35.5. The second-order valence-corrected chi connectivity index (χ2v) is 10.2. The summed E-state index contributed by atoms with van der Waals surface area (Å²) in [6.07, 6.45) is -4.40. The molecule has 0 aliphatic rings. The quantitative estimate of drug-likeness (QED) is 0.404. The van der Waals surface area contributed by atoms with Gasteiger partial charge in [0.15, 0.2) is 0 Å².